The molecule has 0 atom stereocenters. The number of anilines is 3. The first-order valence-corrected chi connectivity index (χ1v) is 9.13. The molecule has 142 valence electrons. The zero-order chi connectivity index (χ0) is 19.3. The van der Waals surface area contributed by atoms with Crippen molar-refractivity contribution in [2.45, 2.75) is 0 Å². The SMILES string of the molecule is O=C(Nc1cnc(N2CCN(c3ccccc3)CC2)nc1)c1ccc(F)cc1. The molecule has 1 aliphatic heterocycles. The van der Waals surface area contributed by atoms with Crippen LogP contribution in [0.25, 0.3) is 0 Å². The van der Waals surface area contributed by atoms with Gasteiger partial charge in [0.05, 0.1) is 18.1 Å². The van der Waals surface area contributed by atoms with Crippen molar-refractivity contribution in [3.63, 3.8) is 0 Å². The summed E-state index contributed by atoms with van der Waals surface area (Å²) in [6, 6.07) is 15.7. The second-order valence-electron chi connectivity index (χ2n) is 6.54. The van der Waals surface area contributed by atoms with Crippen LogP contribution in [-0.2, 0) is 0 Å². The molecule has 1 saturated heterocycles. The third kappa shape index (κ3) is 4.09. The van der Waals surface area contributed by atoms with E-state index < -0.39 is 0 Å². The number of aromatic nitrogens is 2. The van der Waals surface area contributed by atoms with Gasteiger partial charge in [-0.15, -0.1) is 0 Å². The largest absolute Gasteiger partial charge is 0.368 e. The second kappa shape index (κ2) is 8.04. The van der Waals surface area contributed by atoms with Gasteiger partial charge in [-0.3, -0.25) is 4.79 Å². The van der Waals surface area contributed by atoms with E-state index in [0.29, 0.717) is 17.2 Å². The number of hydrogen-bond donors (Lipinski definition) is 1. The molecule has 2 aromatic carbocycles. The summed E-state index contributed by atoms with van der Waals surface area (Å²) in [5.41, 5.74) is 2.10. The Labute approximate surface area is 162 Å². The smallest absolute Gasteiger partial charge is 0.255 e. The number of halogens is 1. The molecule has 0 saturated carbocycles. The number of rotatable bonds is 4. The van der Waals surface area contributed by atoms with E-state index in [1.165, 1.54) is 30.0 Å². The van der Waals surface area contributed by atoms with E-state index in [0.717, 1.165) is 26.2 Å². The first-order chi connectivity index (χ1) is 13.7. The van der Waals surface area contributed by atoms with Crippen molar-refractivity contribution >= 4 is 23.2 Å². The number of benzene rings is 2. The van der Waals surface area contributed by atoms with Crippen molar-refractivity contribution in [1.82, 2.24) is 9.97 Å². The standard InChI is InChI=1S/C21H20FN5O/c22-17-8-6-16(7-9-17)20(28)25-18-14-23-21(24-15-18)27-12-10-26(11-13-27)19-4-2-1-3-5-19/h1-9,14-15H,10-13H2,(H,25,28). The lowest BCUT2D eigenvalue weighted by atomic mass is 10.2. The van der Waals surface area contributed by atoms with Crippen LogP contribution in [0, 0.1) is 5.82 Å². The summed E-state index contributed by atoms with van der Waals surface area (Å²) in [7, 11) is 0. The molecule has 1 N–H and O–H groups in total. The lowest BCUT2D eigenvalue weighted by Gasteiger charge is -2.36. The van der Waals surface area contributed by atoms with E-state index >= 15 is 0 Å². The van der Waals surface area contributed by atoms with Crippen LogP contribution in [0.3, 0.4) is 0 Å². The van der Waals surface area contributed by atoms with E-state index in [1.807, 2.05) is 18.2 Å². The molecular formula is C21H20FN5O. The molecule has 0 unspecified atom stereocenters. The molecule has 6 nitrogen and oxygen atoms in total. The predicted molar refractivity (Wildman–Crippen MR) is 107 cm³/mol. The molecule has 0 bridgehead atoms. The van der Waals surface area contributed by atoms with Crippen LogP contribution in [-0.4, -0.2) is 42.1 Å². The molecule has 1 fully saturated rings. The van der Waals surface area contributed by atoms with Crippen molar-refractivity contribution in [3.05, 3.63) is 78.4 Å². The fraction of sp³-hybridized carbons (Fsp3) is 0.190. The normalized spacial score (nSPS) is 14.0. The van der Waals surface area contributed by atoms with E-state index in [4.69, 9.17) is 0 Å². The Bertz CT molecular complexity index is 923. The van der Waals surface area contributed by atoms with Gasteiger partial charge in [-0.2, -0.15) is 0 Å². The molecule has 0 aliphatic carbocycles. The molecule has 28 heavy (non-hydrogen) atoms. The fourth-order valence-electron chi connectivity index (χ4n) is 3.16. The van der Waals surface area contributed by atoms with E-state index in [-0.39, 0.29) is 11.7 Å². The van der Waals surface area contributed by atoms with Gasteiger partial charge in [0, 0.05) is 37.4 Å². The summed E-state index contributed by atoms with van der Waals surface area (Å²) < 4.78 is 13.0. The van der Waals surface area contributed by atoms with Gasteiger partial charge in [0.1, 0.15) is 5.82 Å². The van der Waals surface area contributed by atoms with Crippen molar-refractivity contribution in [1.29, 1.82) is 0 Å². The van der Waals surface area contributed by atoms with Crippen LogP contribution in [0.15, 0.2) is 67.0 Å². The third-order valence-electron chi connectivity index (χ3n) is 4.69. The average Bonchev–Trinajstić information content (AvgIpc) is 2.75. The van der Waals surface area contributed by atoms with Crippen LogP contribution >= 0.6 is 0 Å². The molecule has 7 heteroatoms. The quantitative estimate of drug-likeness (QED) is 0.757. The molecule has 0 spiro atoms. The number of piperazine rings is 1. The minimum absolute atomic E-state index is 0.326. The highest BCUT2D eigenvalue weighted by molar-refractivity contribution is 6.04. The molecule has 1 amide bonds. The molecular weight excluding hydrogens is 357 g/mol. The van der Waals surface area contributed by atoms with E-state index in [2.05, 4.69) is 37.2 Å². The summed E-state index contributed by atoms with van der Waals surface area (Å²) in [5.74, 6) is -0.0584. The molecule has 1 aliphatic rings. The highest BCUT2D eigenvalue weighted by Crippen LogP contribution is 2.18. The van der Waals surface area contributed by atoms with Gasteiger partial charge in [-0.25, -0.2) is 14.4 Å². The maximum Gasteiger partial charge on any atom is 0.255 e. The van der Waals surface area contributed by atoms with Gasteiger partial charge in [0.2, 0.25) is 5.95 Å². The highest BCUT2D eigenvalue weighted by atomic mass is 19.1. The molecule has 0 radical (unpaired) electrons. The minimum atomic E-state index is -0.378. The first kappa shape index (κ1) is 17.9. The summed E-state index contributed by atoms with van der Waals surface area (Å²) in [4.78, 5) is 25.4. The van der Waals surface area contributed by atoms with Crippen molar-refractivity contribution in [2.24, 2.45) is 0 Å². The van der Waals surface area contributed by atoms with Crippen LogP contribution in [0.4, 0.5) is 21.7 Å². The van der Waals surface area contributed by atoms with Crippen molar-refractivity contribution in [2.75, 3.05) is 41.3 Å². The van der Waals surface area contributed by atoms with Crippen LogP contribution in [0.5, 0.6) is 0 Å². The number of carbonyl (C=O) groups is 1. The predicted octanol–water partition coefficient (Wildman–Crippen LogP) is 3.19. The second-order valence-corrected chi connectivity index (χ2v) is 6.54. The summed E-state index contributed by atoms with van der Waals surface area (Å²) >= 11 is 0. The number of carbonyl (C=O) groups excluding carboxylic acids is 1. The summed E-state index contributed by atoms with van der Waals surface area (Å²) in [6.45, 7) is 3.46. The Morgan fingerprint density at radius 2 is 1.46 bits per heavy atom. The Morgan fingerprint density at radius 1 is 0.857 bits per heavy atom. The van der Waals surface area contributed by atoms with Crippen LogP contribution in [0.2, 0.25) is 0 Å². The Balaban J connectivity index is 1.35. The maximum absolute atomic E-state index is 13.0. The van der Waals surface area contributed by atoms with Gasteiger partial charge in [-0.1, -0.05) is 18.2 Å². The van der Waals surface area contributed by atoms with E-state index in [1.54, 1.807) is 12.4 Å². The zero-order valence-corrected chi connectivity index (χ0v) is 15.3. The number of nitrogens with zero attached hydrogens (tertiary/aromatic N) is 4. The maximum atomic E-state index is 13.0. The molecule has 1 aromatic heterocycles. The van der Waals surface area contributed by atoms with E-state index in [9.17, 15) is 9.18 Å². The van der Waals surface area contributed by atoms with Crippen LogP contribution < -0.4 is 15.1 Å². The number of hydrogen-bond acceptors (Lipinski definition) is 5. The molecule has 3 aromatic rings. The average molecular weight is 377 g/mol. The molecule has 2 heterocycles. The fourth-order valence-corrected chi connectivity index (χ4v) is 3.16. The Kier molecular flexibility index (Phi) is 5.14. The number of nitrogens with one attached hydrogen (secondary N) is 1. The highest BCUT2D eigenvalue weighted by Gasteiger charge is 2.19. The van der Waals surface area contributed by atoms with Crippen LogP contribution in [0.1, 0.15) is 10.4 Å². The zero-order valence-electron chi connectivity index (χ0n) is 15.3. The Hall–Kier alpha value is -3.48. The lowest BCUT2D eigenvalue weighted by Crippen LogP contribution is -2.47. The molecule has 4 rings (SSSR count). The van der Waals surface area contributed by atoms with Gasteiger partial charge >= 0.3 is 0 Å². The summed E-state index contributed by atoms with van der Waals surface area (Å²) in [6.07, 6.45) is 3.18. The van der Waals surface area contributed by atoms with Gasteiger partial charge in [0.15, 0.2) is 0 Å². The minimum Gasteiger partial charge on any atom is -0.368 e. The summed E-state index contributed by atoms with van der Waals surface area (Å²) in [5, 5.41) is 2.72. The monoisotopic (exact) mass is 377 g/mol. The van der Waals surface area contributed by atoms with Crippen molar-refractivity contribution < 1.29 is 9.18 Å². The number of para-hydroxylation sites is 1. The third-order valence-corrected chi connectivity index (χ3v) is 4.69. The van der Waals surface area contributed by atoms with Crippen molar-refractivity contribution in [3.8, 4) is 0 Å². The Morgan fingerprint density at radius 3 is 2.11 bits per heavy atom. The lowest BCUT2D eigenvalue weighted by molar-refractivity contribution is 0.102. The van der Waals surface area contributed by atoms with Gasteiger partial charge < -0.3 is 15.1 Å². The topological polar surface area (TPSA) is 61.4 Å². The van der Waals surface area contributed by atoms with Gasteiger partial charge in [-0.05, 0) is 36.4 Å². The van der Waals surface area contributed by atoms with Gasteiger partial charge in [0.25, 0.3) is 5.91 Å². The number of amides is 1. The first-order valence-electron chi connectivity index (χ1n) is 9.13.